The molecule has 1 aliphatic rings. The van der Waals surface area contributed by atoms with Crippen molar-refractivity contribution in [2.75, 3.05) is 13.2 Å². The fourth-order valence-electron chi connectivity index (χ4n) is 3.04. The summed E-state index contributed by atoms with van der Waals surface area (Å²) in [5.74, 6) is -0.950. The number of H-pyrrole nitrogens is 1. The van der Waals surface area contributed by atoms with Crippen molar-refractivity contribution in [2.45, 2.75) is 25.9 Å². The second kappa shape index (κ2) is 7.34. The van der Waals surface area contributed by atoms with Gasteiger partial charge in [-0.25, -0.2) is 0 Å². The number of alkyl halides is 3. The van der Waals surface area contributed by atoms with E-state index in [1.54, 1.807) is 26.0 Å². The first kappa shape index (κ1) is 19.4. The third-order valence-corrected chi connectivity index (χ3v) is 4.12. The topological polar surface area (TPSA) is 106 Å². The number of fused-ring (bicyclic) bond motifs is 1. The Morgan fingerprint density at radius 3 is 2.54 bits per heavy atom. The van der Waals surface area contributed by atoms with Crippen molar-refractivity contribution < 1.29 is 27.4 Å². The van der Waals surface area contributed by atoms with Crippen LogP contribution in [0.4, 0.5) is 13.2 Å². The number of hydrogen-bond acceptors (Lipinski definition) is 6. The molecule has 0 saturated heterocycles. The summed E-state index contributed by atoms with van der Waals surface area (Å²) in [5, 5.41) is 15.0. The molecular formula is C18H17F3N4O3. The molecule has 0 radical (unpaired) electrons. The lowest BCUT2D eigenvalue weighted by Gasteiger charge is -2.25. The Morgan fingerprint density at radius 2 is 1.93 bits per heavy atom. The average Bonchev–Trinajstić information content (AvgIpc) is 3.06. The summed E-state index contributed by atoms with van der Waals surface area (Å²) in [6.45, 7) is 4.28. The number of nitrogens with zero attached hydrogens (tertiary/aromatic N) is 2. The highest BCUT2D eigenvalue weighted by atomic mass is 19.4. The zero-order valence-corrected chi connectivity index (χ0v) is 15.1. The van der Waals surface area contributed by atoms with Crippen molar-refractivity contribution in [3.8, 4) is 23.4 Å². The van der Waals surface area contributed by atoms with E-state index in [0.29, 0.717) is 30.3 Å². The molecule has 1 aromatic heterocycles. The molecule has 1 aromatic carbocycles. The van der Waals surface area contributed by atoms with Gasteiger partial charge in [0.15, 0.2) is 11.5 Å². The van der Waals surface area contributed by atoms with Crippen molar-refractivity contribution in [3.05, 3.63) is 46.5 Å². The monoisotopic (exact) mass is 394 g/mol. The van der Waals surface area contributed by atoms with Crippen LogP contribution in [0.1, 0.15) is 36.6 Å². The summed E-state index contributed by atoms with van der Waals surface area (Å²) in [6, 6.07) is 6.53. The minimum Gasteiger partial charge on any atom is -0.490 e. The van der Waals surface area contributed by atoms with Gasteiger partial charge in [-0.15, -0.1) is 5.10 Å². The predicted molar refractivity (Wildman–Crippen MR) is 91.7 cm³/mol. The van der Waals surface area contributed by atoms with E-state index in [1.165, 1.54) is 6.07 Å². The Hall–Kier alpha value is -3.35. The maximum absolute atomic E-state index is 13.5. The van der Waals surface area contributed by atoms with Crippen LogP contribution in [0.25, 0.3) is 0 Å². The molecule has 3 rings (SSSR count). The molecule has 1 aliphatic heterocycles. The third-order valence-electron chi connectivity index (χ3n) is 4.12. The average molecular weight is 394 g/mol. The predicted octanol–water partition coefficient (Wildman–Crippen LogP) is 3.44. The number of aromatic amines is 1. The highest BCUT2D eigenvalue weighted by Crippen LogP contribution is 2.48. The van der Waals surface area contributed by atoms with Crippen molar-refractivity contribution >= 4 is 0 Å². The van der Waals surface area contributed by atoms with Gasteiger partial charge in [0.1, 0.15) is 17.3 Å². The van der Waals surface area contributed by atoms with Crippen molar-refractivity contribution in [1.82, 2.24) is 10.2 Å². The number of allylic oxidation sites excluding steroid dienone is 1. The first-order valence-corrected chi connectivity index (χ1v) is 8.44. The smallest absolute Gasteiger partial charge is 0.433 e. The Kier molecular flexibility index (Phi) is 5.09. The van der Waals surface area contributed by atoms with Crippen LogP contribution in [-0.4, -0.2) is 23.4 Å². The standard InChI is InChI=1S/C18H17F3N4O3/c1-3-26-11-6-5-9(7-12(11)27-4-2)13-10(8-22)16(23)28-17-14(13)15(24-25-17)18(19,20)21/h5-7,13H,3-4,23H2,1-2H3,(H,24,25). The quantitative estimate of drug-likeness (QED) is 0.805. The Morgan fingerprint density at radius 1 is 1.25 bits per heavy atom. The number of rotatable bonds is 5. The molecule has 0 spiro atoms. The zero-order valence-electron chi connectivity index (χ0n) is 15.1. The van der Waals surface area contributed by atoms with Crippen LogP contribution in [0.15, 0.2) is 29.7 Å². The summed E-state index contributed by atoms with van der Waals surface area (Å²) in [6.07, 6.45) is -4.72. The first-order chi connectivity index (χ1) is 13.3. The number of nitrogens with two attached hydrogens (primary N) is 1. The number of nitriles is 1. The molecule has 28 heavy (non-hydrogen) atoms. The van der Waals surface area contributed by atoms with Gasteiger partial charge in [0.05, 0.1) is 24.7 Å². The fourth-order valence-corrected chi connectivity index (χ4v) is 3.04. The van der Waals surface area contributed by atoms with Crippen LogP contribution < -0.4 is 19.9 Å². The largest absolute Gasteiger partial charge is 0.490 e. The van der Waals surface area contributed by atoms with Gasteiger partial charge in [-0.2, -0.15) is 18.4 Å². The molecule has 0 bridgehead atoms. The van der Waals surface area contributed by atoms with E-state index in [-0.39, 0.29) is 22.9 Å². The Bertz CT molecular complexity index is 960. The molecule has 2 aromatic rings. The number of benzene rings is 1. The lowest BCUT2D eigenvalue weighted by Crippen LogP contribution is -2.23. The van der Waals surface area contributed by atoms with Gasteiger partial charge in [0, 0.05) is 0 Å². The molecule has 0 aliphatic carbocycles. The van der Waals surface area contributed by atoms with E-state index in [2.05, 4.69) is 5.10 Å². The van der Waals surface area contributed by atoms with Crippen LogP contribution in [0.5, 0.6) is 17.4 Å². The summed E-state index contributed by atoms with van der Waals surface area (Å²) in [7, 11) is 0. The van der Waals surface area contributed by atoms with Gasteiger partial charge in [-0.05, 0) is 31.5 Å². The van der Waals surface area contributed by atoms with Crippen LogP contribution in [-0.2, 0) is 6.18 Å². The lowest BCUT2D eigenvalue weighted by atomic mass is 9.83. The van der Waals surface area contributed by atoms with E-state index in [0.717, 1.165) is 0 Å². The lowest BCUT2D eigenvalue weighted by molar-refractivity contribution is -0.141. The van der Waals surface area contributed by atoms with Crippen LogP contribution in [0, 0.1) is 11.3 Å². The van der Waals surface area contributed by atoms with Gasteiger partial charge in [0.2, 0.25) is 11.8 Å². The summed E-state index contributed by atoms with van der Waals surface area (Å²) in [5.41, 5.74) is 4.59. The molecule has 1 unspecified atom stereocenters. The van der Waals surface area contributed by atoms with Gasteiger partial charge < -0.3 is 19.9 Å². The van der Waals surface area contributed by atoms with Crippen LogP contribution in [0.2, 0.25) is 0 Å². The Balaban J connectivity index is 2.21. The van der Waals surface area contributed by atoms with Gasteiger partial charge in [0.25, 0.3) is 0 Å². The molecule has 0 fully saturated rings. The summed E-state index contributed by atoms with van der Waals surface area (Å²) >= 11 is 0. The molecule has 2 heterocycles. The van der Waals surface area contributed by atoms with Crippen LogP contribution in [0.3, 0.4) is 0 Å². The van der Waals surface area contributed by atoms with Gasteiger partial charge in [-0.3, -0.25) is 5.10 Å². The second-order valence-electron chi connectivity index (χ2n) is 5.81. The minimum atomic E-state index is -4.72. The zero-order chi connectivity index (χ0) is 20.5. The van der Waals surface area contributed by atoms with E-state index in [4.69, 9.17) is 19.9 Å². The number of nitrogens with one attached hydrogen (secondary N) is 1. The van der Waals surface area contributed by atoms with Gasteiger partial charge in [-0.1, -0.05) is 6.07 Å². The molecular weight excluding hydrogens is 377 g/mol. The molecule has 3 N–H and O–H groups in total. The first-order valence-electron chi connectivity index (χ1n) is 8.44. The highest BCUT2D eigenvalue weighted by molar-refractivity contribution is 5.58. The highest BCUT2D eigenvalue weighted by Gasteiger charge is 2.44. The van der Waals surface area contributed by atoms with Crippen molar-refractivity contribution in [2.24, 2.45) is 5.73 Å². The van der Waals surface area contributed by atoms with Crippen LogP contribution >= 0.6 is 0 Å². The fraction of sp³-hybridized carbons (Fsp3) is 0.333. The normalized spacial score (nSPS) is 16.2. The molecule has 10 heteroatoms. The minimum absolute atomic E-state index is 0.147. The SMILES string of the molecule is CCOc1ccc(C2C(C#N)=C(N)Oc3n[nH]c(C(F)(F)F)c32)cc1OCC. The van der Waals surface area contributed by atoms with E-state index < -0.39 is 17.8 Å². The molecule has 7 nitrogen and oxygen atoms in total. The van der Waals surface area contributed by atoms with E-state index in [1.807, 2.05) is 11.2 Å². The molecule has 1 atom stereocenters. The van der Waals surface area contributed by atoms with Crippen molar-refractivity contribution in [3.63, 3.8) is 0 Å². The number of aromatic nitrogens is 2. The summed E-state index contributed by atoms with van der Waals surface area (Å²) < 4.78 is 56.6. The maximum Gasteiger partial charge on any atom is 0.433 e. The third kappa shape index (κ3) is 3.31. The second-order valence-corrected chi connectivity index (χ2v) is 5.81. The van der Waals surface area contributed by atoms with E-state index in [9.17, 15) is 18.4 Å². The van der Waals surface area contributed by atoms with E-state index >= 15 is 0 Å². The van der Waals surface area contributed by atoms with Crippen molar-refractivity contribution in [1.29, 1.82) is 5.26 Å². The maximum atomic E-state index is 13.5. The molecule has 0 amide bonds. The summed E-state index contributed by atoms with van der Waals surface area (Å²) in [4.78, 5) is 0. The Labute approximate surface area is 158 Å². The number of halogens is 3. The van der Waals surface area contributed by atoms with Gasteiger partial charge >= 0.3 is 6.18 Å². The molecule has 0 saturated carbocycles. The number of ether oxygens (including phenoxy) is 3. The number of hydrogen-bond donors (Lipinski definition) is 2. The molecule has 148 valence electrons.